The molecule has 5 nitrogen and oxygen atoms in total. The van der Waals surface area contributed by atoms with Crippen LogP contribution in [-0.2, 0) is 0 Å². The van der Waals surface area contributed by atoms with Crippen molar-refractivity contribution in [1.29, 1.82) is 0 Å². The van der Waals surface area contributed by atoms with Crippen molar-refractivity contribution < 1.29 is 23.1 Å². The van der Waals surface area contributed by atoms with E-state index in [4.69, 9.17) is 5.11 Å². The normalized spacial score (nSPS) is 20.2. The molecule has 0 amide bonds. The van der Waals surface area contributed by atoms with E-state index in [9.17, 15) is 18.0 Å². The number of alkyl halides is 3. The van der Waals surface area contributed by atoms with Crippen molar-refractivity contribution >= 4 is 11.8 Å². The molecule has 98 valence electrons. The van der Waals surface area contributed by atoms with Crippen LogP contribution in [0.2, 0.25) is 0 Å². The van der Waals surface area contributed by atoms with Crippen molar-refractivity contribution in [3.63, 3.8) is 0 Å². The average Bonchev–Trinajstić information content (AvgIpc) is 2.78. The molecule has 0 spiro atoms. The fourth-order valence-corrected chi connectivity index (χ4v) is 1.83. The molecule has 1 fully saturated rings. The summed E-state index contributed by atoms with van der Waals surface area (Å²) in [7, 11) is 0. The van der Waals surface area contributed by atoms with Crippen molar-refractivity contribution in [2.24, 2.45) is 5.92 Å². The summed E-state index contributed by atoms with van der Waals surface area (Å²) in [5.41, 5.74) is -0.231. The molecule has 1 aromatic heterocycles. The van der Waals surface area contributed by atoms with Crippen molar-refractivity contribution in [1.82, 2.24) is 9.97 Å². The third-order valence-electron chi connectivity index (χ3n) is 2.83. The van der Waals surface area contributed by atoms with Gasteiger partial charge in [0.25, 0.3) is 0 Å². The van der Waals surface area contributed by atoms with Crippen LogP contribution >= 0.6 is 0 Å². The van der Waals surface area contributed by atoms with Crippen molar-refractivity contribution in [3.05, 3.63) is 18.1 Å². The second kappa shape index (κ2) is 4.43. The molecule has 18 heavy (non-hydrogen) atoms. The second-order valence-corrected chi connectivity index (χ2v) is 4.04. The molecule has 1 atom stereocenters. The zero-order valence-electron chi connectivity index (χ0n) is 9.18. The minimum Gasteiger partial charge on any atom is -0.476 e. The lowest BCUT2D eigenvalue weighted by atomic mass is 10.1. The molecule has 0 aromatic carbocycles. The number of halogens is 3. The fourth-order valence-electron chi connectivity index (χ4n) is 1.83. The highest BCUT2D eigenvalue weighted by Gasteiger charge is 2.43. The molecule has 2 heterocycles. The first-order chi connectivity index (χ1) is 8.38. The molecule has 1 saturated heterocycles. The molecule has 1 N–H and O–H groups in total. The summed E-state index contributed by atoms with van der Waals surface area (Å²) < 4.78 is 37.4. The van der Waals surface area contributed by atoms with E-state index in [-0.39, 0.29) is 31.0 Å². The monoisotopic (exact) mass is 261 g/mol. The van der Waals surface area contributed by atoms with Gasteiger partial charge in [-0.25, -0.2) is 14.8 Å². The van der Waals surface area contributed by atoms with E-state index >= 15 is 0 Å². The Morgan fingerprint density at radius 2 is 2.11 bits per heavy atom. The second-order valence-electron chi connectivity index (χ2n) is 4.04. The van der Waals surface area contributed by atoms with E-state index in [1.165, 1.54) is 11.1 Å². The molecule has 1 aliphatic heterocycles. The van der Waals surface area contributed by atoms with Crippen LogP contribution in [0.4, 0.5) is 19.0 Å². The van der Waals surface area contributed by atoms with Gasteiger partial charge in [0.1, 0.15) is 5.82 Å². The van der Waals surface area contributed by atoms with Gasteiger partial charge in [0, 0.05) is 13.1 Å². The smallest absolute Gasteiger partial charge is 0.393 e. The summed E-state index contributed by atoms with van der Waals surface area (Å²) in [5.74, 6) is -2.31. The molecular formula is C10H10F3N3O2. The van der Waals surface area contributed by atoms with Gasteiger partial charge in [0.05, 0.1) is 18.3 Å². The van der Waals surface area contributed by atoms with E-state index in [1.54, 1.807) is 0 Å². The number of aromatic nitrogens is 2. The number of hydrogen-bond donors (Lipinski definition) is 1. The minimum atomic E-state index is -4.21. The van der Waals surface area contributed by atoms with Crippen LogP contribution in [0, 0.1) is 5.92 Å². The maximum atomic E-state index is 12.5. The first-order valence-electron chi connectivity index (χ1n) is 5.25. The molecule has 0 aliphatic carbocycles. The Hall–Kier alpha value is -1.86. The number of rotatable bonds is 2. The van der Waals surface area contributed by atoms with E-state index in [0.29, 0.717) is 0 Å². The SMILES string of the molecule is O=C(O)c1cnc(N2CCC(C(F)(F)F)C2)cn1. The Morgan fingerprint density at radius 3 is 2.56 bits per heavy atom. The van der Waals surface area contributed by atoms with Gasteiger partial charge in [0.15, 0.2) is 5.69 Å². The van der Waals surface area contributed by atoms with E-state index in [2.05, 4.69) is 9.97 Å². The van der Waals surface area contributed by atoms with Crippen LogP contribution in [0.25, 0.3) is 0 Å². The molecule has 0 radical (unpaired) electrons. The lowest BCUT2D eigenvalue weighted by molar-refractivity contribution is -0.168. The summed E-state index contributed by atoms with van der Waals surface area (Å²) in [6, 6.07) is 0. The first-order valence-corrected chi connectivity index (χ1v) is 5.25. The zero-order chi connectivity index (χ0) is 13.3. The molecule has 1 unspecified atom stereocenters. The number of carboxylic acid groups (broad SMARTS) is 1. The van der Waals surface area contributed by atoms with Crippen molar-refractivity contribution in [2.45, 2.75) is 12.6 Å². The number of carbonyl (C=O) groups is 1. The lowest BCUT2D eigenvalue weighted by Crippen LogP contribution is -2.28. The zero-order valence-corrected chi connectivity index (χ0v) is 9.18. The summed E-state index contributed by atoms with van der Waals surface area (Å²) >= 11 is 0. The van der Waals surface area contributed by atoms with Gasteiger partial charge in [-0.15, -0.1) is 0 Å². The Labute approximate surface area is 100 Å². The van der Waals surface area contributed by atoms with Gasteiger partial charge < -0.3 is 10.0 Å². The van der Waals surface area contributed by atoms with Gasteiger partial charge in [0.2, 0.25) is 0 Å². The average molecular weight is 261 g/mol. The number of nitrogens with zero attached hydrogens (tertiary/aromatic N) is 3. The molecule has 8 heteroatoms. The molecule has 1 aromatic rings. The van der Waals surface area contributed by atoms with Gasteiger partial charge in [-0.3, -0.25) is 0 Å². The number of anilines is 1. The standard InChI is InChI=1S/C10H10F3N3O2/c11-10(12,13)6-1-2-16(5-6)8-4-14-7(3-15-8)9(17)18/h3-4,6H,1-2,5H2,(H,17,18). The lowest BCUT2D eigenvalue weighted by Gasteiger charge is -2.18. The summed E-state index contributed by atoms with van der Waals surface area (Å²) in [6.07, 6.45) is -1.96. The largest absolute Gasteiger partial charge is 0.476 e. The highest BCUT2D eigenvalue weighted by atomic mass is 19.4. The predicted molar refractivity (Wildman–Crippen MR) is 55.4 cm³/mol. The number of hydrogen-bond acceptors (Lipinski definition) is 4. The van der Waals surface area contributed by atoms with E-state index in [0.717, 1.165) is 6.20 Å². The topological polar surface area (TPSA) is 66.3 Å². The Bertz CT molecular complexity index is 447. The Morgan fingerprint density at radius 1 is 1.39 bits per heavy atom. The molecule has 0 bridgehead atoms. The molecule has 0 saturated carbocycles. The van der Waals surface area contributed by atoms with Crippen LogP contribution < -0.4 is 4.90 Å². The van der Waals surface area contributed by atoms with E-state index in [1.807, 2.05) is 0 Å². The number of aromatic carboxylic acids is 1. The maximum Gasteiger partial charge on any atom is 0.393 e. The summed E-state index contributed by atoms with van der Waals surface area (Å²) in [5, 5.41) is 8.62. The quantitative estimate of drug-likeness (QED) is 0.875. The summed E-state index contributed by atoms with van der Waals surface area (Å²) in [4.78, 5) is 19.4. The minimum absolute atomic E-state index is 0.0197. The van der Waals surface area contributed by atoms with Crippen LogP contribution in [0.5, 0.6) is 0 Å². The Balaban J connectivity index is 2.08. The van der Waals surface area contributed by atoms with Crippen molar-refractivity contribution in [3.8, 4) is 0 Å². The number of carboxylic acids is 1. The van der Waals surface area contributed by atoms with Crippen LogP contribution in [-0.4, -0.2) is 40.3 Å². The van der Waals surface area contributed by atoms with Crippen LogP contribution in [0.1, 0.15) is 16.9 Å². The van der Waals surface area contributed by atoms with Gasteiger partial charge >= 0.3 is 12.1 Å². The third-order valence-corrected chi connectivity index (χ3v) is 2.83. The van der Waals surface area contributed by atoms with Gasteiger partial charge in [-0.2, -0.15) is 13.2 Å². The van der Waals surface area contributed by atoms with E-state index < -0.39 is 18.1 Å². The third kappa shape index (κ3) is 2.52. The van der Waals surface area contributed by atoms with Gasteiger partial charge in [-0.1, -0.05) is 0 Å². The Kier molecular flexibility index (Phi) is 3.10. The highest BCUT2D eigenvalue weighted by molar-refractivity contribution is 5.84. The predicted octanol–water partition coefficient (Wildman–Crippen LogP) is 1.56. The highest BCUT2D eigenvalue weighted by Crippen LogP contribution is 2.34. The van der Waals surface area contributed by atoms with Gasteiger partial charge in [-0.05, 0) is 6.42 Å². The summed E-state index contributed by atoms with van der Waals surface area (Å²) in [6.45, 7) is 0.0792. The fraction of sp³-hybridized carbons (Fsp3) is 0.500. The first kappa shape index (κ1) is 12.6. The van der Waals surface area contributed by atoms with Crippen LogP contribution in [0.15, 0.2) is 12.4 Å². The maximum absolute atomic E-state index is 12.5. The van der Waals surface area contributed by atoms with Crippen molar-refractivity contribution in [2.75, 3.05) is 18.0 Å². The molecule has 1 aliphatic rings. The molecule has 2 rings (SSSR count). The molecular weight excluding hydrogens is 251 g/mol. The van der Waals surface area contributed by atoms with Crippen LogP contribution in [0.3, 0.4) is 0 Å².